The molecule has 0 N–H and O–H groups in total. The van der Waals surface area contributed by atoms with Gasteiger partial charge in [-0.1, -0.05) is 11.6 Å². The van der Waals surface area contributed by atoms with Crippen LogP contribution in [-0.2, 0) is 7.05 Å². The van der Waals surface area contributed by atoms with Crippen molar-refractivity contribution in [2.75, 3.05) is 7.11 Å². The van der Waals surface area contributed by atoms with E-state index >= 15 is 0 Å². The first-order valence-electron chi connectivity index (χ1n) is 6.06. The number of benzene rings is 2. The predicted octanol–water partition coefficient (Wildman–Crippen LogP) is 0.139. The van der Waals surface area contributed by atoms with Gasteiger partial charge in [0, 0.05) is 11.5 Å². The molecule has 0 radical (unpaired) electrons. The quantitative estimate of drug-likeness (QED) is 0.454. The third-order valence-electron chi connectivity index (χ3n) is 3.41. The van der Waals surface area contributed by atoms with Crippen molar-refractivity contribution in [3.8, 4) is 5.75 Å². The fourth-order valence-electron chi connectivity index (χ4n) is 2.47. The van der Waals surface area contributed by atoms with Crippen LogP contribution in [0.15, 0.2) is 42.6 Å². The van der Waals surface area contributed by atoms with E-state index in [0.29, 0.717) is 0 Å². The van der Waals surface area contributed by atoms with Crippen molar-refractivity contribution >= 4 is 21.7 Å². The molecule has 0 aliphatic rings. The maximum atomic E-state index is 5.29. The van der Waals surface area contributed by atoms with Gasteiger partial charge in [0.1, 0.15) is 12.8 Å². The maximum Gasteiger partial charge on any atom is 0.212 e. The Labute approximate surface area is 119 Å². The SMILES string of the molecule is COc1ccc2c(c1)c[n+](C)c1ccc(C)cc21.[Cl-]. The molecule has 0 fully saturated rings. The molecule has 2 nitrogen and oxygen atoms in total. The Morgan fingerprint density at radius 1 is 1.00 bits per heavy atom. The highest BCUT2D eigenvalue weighted by molar-refractivity contribution is 6.04. The average molecular weight is 274 g/mol. The van der Waals surface area contributed by atoms with Crippen LogP contribution in [-0.4, -0.2) is 7.11 Å². The van der Waals surface area contributed by atoms with E-state index in [9.17, 15) is 0 Å². The van der Waals surface area contributed by atoms with Crippen LogP contribution in [0, 0.1) is 6.92 Å². The van der Waals surface area contributed by atoms with Gasteiger partial charge in [0.25, 0.3) is 0 Å². The van der Waals surface area contributed by atoms with E-state index < -0.39 is 0 Å². The number of fused-ring (bicyclic) bond motifs is 3. The van der Waals surface area contributed by atoms with E-state index in [2.05, 4.69) is 55.1 Å². The van der Waals surface area contributed by atoms with Crippen molar-refractivity contribution < 1.29 is 21.7 Å². The number of hydrogen-bond donors (Lipinski definition) is 0. The normalized spacial score (nSPS) is 10.5. The Morgan fingerprint density at radius 3 is 2.53 bits per heavy atom. The Kier molecular flexibility index (Phi) is 3.63. The van der Waals surface area contributed by atoms with Crippen LogP contribution < -0.4 is 21.7 Å². The Hall–Kier alpha value is -1.80. The molecule has 3 aromatic rings. The van der Waals surface area contributed by atoms with Gasteiger partial charge in [-0.3, -0.25) is 0 Å². The first-order valence-corrected chi connectivity index (χ1v) is 6.06. The van der Waals surface area contributed by atoms with Gasteiger partial charge in [-0.15, -0.1) is 0 Å². The maximum absolute atomic E-state index is 5.29. The van der Waals surface area contributed by atoms with E-state index in [1.165, 1.54) is 27.2 Å². The van der Waals surface area contributed by atoms with Crippen LogP contribution >= 0.6 is 0 Å². The zero-order valence-corrected chi connectivity index (χ0v) is 12.0. The smallest absolute Gasteiger partial charge is 0.212 e. The van der Waals surface area contributed by atoms with Crippen molar-refractivity contribution in [3.05, 3.63) is 48.2 Å². The van der Waals surface area contributed by atoms with Crippen LogP contribution in [0.4, 0.5) is 0 Å². The minimum Gasteiger partial charge on any atom is -1.00 e. The fourth-order valence-corrected chi connectivity index (χ4v) is 2.47. The Balaban J connectivity index is 0.00000133. The molecule has 0 aliphatic heterocycles. The van der Waals surface area contributed by atoms with Gasteiger partial charge in [0.15, 0.2) is 6.20 Å². The Morgan fingerprint density at radius 2 is 1.79 bits per heavy atom. The monoisotopic (exact) mass is 273 g/mol. The summed E-state index contributed by atoms with van der Waals surface area (Å²) >= 11 is 0. The summed E-state index contributed by atoms with van der Waals surface area (Å²) in [5, 5.41) is 3.76. The molecule has 0 saturated heterocycles. The second-order valence-corrected chi connectivity index (χ2v) is 4.71. The molecule has 0 aliphatic carbocycles. The summed E-state index contributed by atoms with van der Waals surface area (Å²) in [4.78, 5) is 0. The largest absolute Gasteiger partial charge is 1.00 e. The van der Waals surface area contributed by atoms with Gasteiger partial charge in [-0.05, 0) is 31.2 Å². The highest BCUT2D eigenvalue weighted by atomic mass is 35.5. The topological polar surface area (TPSA) is 13.1 Å². The van der Waals surface area contributed by atoms with E-state index in [-0.39, 0.29) is 12.4 Å². The molecule has 3 rings (SSSR count). The summed E-state index contributed by atoms with van der Waals surface area (Å²) in [6.45, 7) is 2.13. The first-order chi connectivity index (χ1) is 8.69. The molecule has 3 heteroatoms. The number of ether oxygens (including phenoxy) is 1. The molecule has 0 bridgehead atoms. The minimum absolute atomic E-state index is 0. The number of aryl methyl sites for hydroxylation is 2. The van der Waals surface area contributed by atoms with Gasteiger partial charge >= 0.3 is 0 Å². The summed E-state index contributed by atoms with van der Waals surface area (Å²) in [6.07, 6.45) is 2.15. The van der Waals surface area contributed by atoms with Crippen LogP contribution in [0.25, 0.3) is 21.7 Å². The van der Waals surface area contributed by atoms with Crippen molar-refractivity contribution in [2.45, 2.75) is 6.92 Å². The number of methoxy groups -OCH3 is 1. The summed E-state index contributed by atoms with van der Waals surface area (Å²) < 4.78 is 7.45. The van der Waals surface area contributed by atoms with Gasteiger partial charge in [0.2, 0.25) is 5.52 Å². The number of nitrogens with zero attached hydrogens (tertiary/aromatic N) is 1. The molecule has 0 atom stereocenters. The molecular formula is C16H16ClNO. The summed E-state index contributed by atoms with van der Waals surface area (Å²) in [6, 6.07) is 12.8. The van der Waals surface area contributed by atoms with Crippen molar-refractivity contribution in [3.63, 3.8) is 0 Å². The third kappa shape index (κ3) is 2.24. The lowest BCUT2D eigenvalue weighted by Crippen LogP contribution is -3.00. The summed E-state index contributed by atoms with van der Waals surface area (Å²) in [5.41, 5.74) is 2.53. The van der Waals surface area contributed by atoms with Gasteiger partial charge in [0.05, 0.1) is 17.9 Å². The Bertz CT molecular complexity index is 752. The molecule has 0 saturated carbocycles. The van der Waals surface area contributed by atoms with Crippen LogP contribution in [0.2, 0.25) is 0 Å². The van der Waals surface area contributed by atoms with Gasteiger partial charge in [-0.2, -0.15) is 0 Å². The highest BCUT2D eigenvalue weighted by Gasteiger charge is 2.10. The van der Waals surface area contributed by atoms with Crippen molar-refractivity contribution in [1.82, 2.24) is 0 Å². The molecular weight excluding hydrogens is 258 g/mol. The average Bonchev–Trinajstić information content (AvgIpc) is 2.38. The van der Waals surface area contributed by atoms with Gasteiger partial charge in [-0.25, -0.2) is 4.57 Å². The van der Waals surface area contributed by atoms with Crippen LogP contribution in [0.3, 0.4) is 0 Å². The second-order valence-electron chi connectivity index (χ2n) is 4.71. The van der Waals surface area contributed by atoms with E-state index in [0.717, 1.165) is 5.75 Å². The van der Waals surface area contributed by atoms with E-state index in [1.54, 1.807) is 7.11 Å². The number of aromatic nitrogens is 1. The van der Waals surface area contributed by atoms with Crippen LogP contribution in [0.5, 0.6) is 5.75 Å². The van der Waals surface area contributed by atoms with Gasteiger partial charge < -0.3 is 17.1 Å². The second kappa shape index (κ2) is 5.06. The summed E-state index contributed by atoms with van der Waals surface area (Å²) in [7, 11) is 3.78. The van der Waals surface area contributed by atoms with Crippen molar-refractivity contribution in [2.24, 2.45) is 7.05 Å². The fraction of sp³-hybridized carbons (Fsp3) is 0.188. The third-order valence-corrected chi connectivity index (χ3v) is 3.41. The standard InChI is InChI=1S/C16H16NO.ClH/c1-11-4-7-16-15(8-11)14-6-5-13(18-3)9-12(14)10-17(16)2;/h4-10H,1-3H3;1H/q+1;/p-1. The molecule has 0 spiro atoms. The minimum atomic E-state index is 0. The van der Waals surface area contributed by atoms with E-state index in [1.807, 2.05) is 6.07 Å². The molecule has 1 aromatic heterocycles. The molecule has 0 unspecified atom stereocenters. The molecule has 98 valence electrons. The number of rotatable bonds is 1. The number of halogens is 1. The van der Waals surface area contributed by atoms with Crippen molar-refractivity contribution in [1.29, 1.82) is 0 Å². The lowest BCUT2D eigenvalue weighted by atomic mass is 10.0. The molecule has 19 heavy (non-hydrogen) atoms. The zero-order valence-electron chi connectivity index (χ0n) is 11.3. The lowest BCUT2D eigenvalue weighted by molar-refractivity contribution is -0.643. The van der Waals surface area contributed by atoms with Crippen LogP contribution in [0.1, 0.15) is 5.56 Å². The predicted molar refractivity (Wildman–Crippen MR) is 73.9 cm³/mol. The number of hydrogen-bond acceptors (Lipinski definition) is 1. The first kappa shape index (κ1) is 13.6. The lowest BCUT2D eigenvalue weighted by Gasteiger charge is -2.05. The highest BCUT2D eigenvalue weighted by Crippen LogP contribution is 2.26. The van der Waals surface area contributed by atoms with E-state index in [4.69, 9.17) is 4.74 Å². The summed E-state index contributed by atoms with van der Waals surface area (Å²) in [5.74, 6) is 0.898. The zero-order chi connectivity index (χ0) is 12.7. The number of pyridine rings is 1. The molecule has 0 amide bonds. The molecule has 2 aromatic carbocycles. The molecule has 1 heterocycles.